The lowest BCUT2D eigenvalue weighted by Gasteiger charge is -2.10. The Morgan fingerprint density at radius 3 is 1.25 bits per heavy atom. The third-order valence-corrected chi connectivity index (χ3v) is 8.15. The van der Waals surface area contributed by atoms with Gasteiger partial charge in [-0.3, -0.25) is 9.13 Å². The van der Waals surface area contributed by atoms with Gasteiger partial charge in [-0.05, 0) is 36.4 Å². The number of hydrogen-bond acceptors (Lipinski definition) is 4. The first-order valence-corrected chi connectivity index (χ1v) is 14.6. The van der Waals surface area contributed by atoms with Crippen molar-refractivity contribution in [2.45, 2.75) is 0 Å². The van der Waals surface area contributed by atoms with Crippen LogP contribution in [-0.2, 0) is 0 Å². The lowest BCUT2D eigenvalue weighted by atomic mass is 10.1. The fourth-order valence-corrected chi connectivity index (χ4v) is 6.16. The van der Waals surface area contributed by atoms with Gasteiger partial charge in [0.2, 0.25) is 0 Å². The van der Waals surface area contributed by atoms with Crippen LogP contribution < -0.4 is 0 Å². The van der Waals surface area contributed by atoms with E-state index in [1.54, 1.807) is 0 Å². The summed E-state index contributed by atoms with van der Waals surface area (Å²) in [5, 5.41) is 2.06. The van der Waals surface area contributed by atoms with Crippen LogP contribution in [0.4, 0.5) is 0 Å². The predicted molar refractivity (Wildman–Crippen MR) is 177 cm³/mol. The largest absolute Gasteiger partial charge is 0.276 e. The van der Waals surface area contributed by atoms with Crippen LogP contribution in [0.3, 0.4) is 0 Å². The summed E-state index contributed by atoms with van der Waals surface area (Å²) < 4.78 is 4.25. The van der Waals surface area contributed by atoms with E-state index in [9.17, 15) is 0 Å². The lowest BCUT2D eigenvalue weighted by molar-refractivity contribution is 1.03. The highest BCUT2D eigenvalue weighted by Gasteiger charge is 2.22. The molecule has 206 valence electrons. The van der Waals surface area contributed by atoms with Gasteiger partial charge in [0, 0.05) is 21.9 Å². The molecule has 0 aliphatic rings. The molecule has 9 aromatic rings. The van der Waals surface area contributed by atoms with Crippen molar-refractivity contribution in [1.82, 2.24) is 29.1 Å². The van der Waals surface area contributed by atoms with Crippen LogP contribution in [0, 0.1) is 0 Å². The van der Waals surface area contributed by atoms with Gasteiger partial charge in [-0.1, -0.05) is 109 Å². The zero-order chi connectivity index (χ0) is 29.0. The summed E-state index contributed by atoms with van der Waals surface area (Å²) in [4.78, 5) is 20.9. The Labute approximate surface area is 252 Å². The molecule has 0 amide bonds. The number of fused-ring (bicyclic) bond motifs is 6. The standard InChI is InChI=1S/C38H24N6/c1-3-13-25(14-4-1)29-19-11-23-33(39-29)43-31-21-9-7-17-27(31)35-37(43)42-38-36(41-35)28-18-8-10-22-32(28)44(38)34-24-12-20-30(40-34)26-15-5-2-6-16-26/h1-24H. The minimum atomic E-state index is 0.750. The van der Waals surface area contributed by atoms with E-state index in [1.165, 1.54) is 0 Å². The van der Waals surface area contributed by atoms with Crippen molar-refractivity contribution < 1.29 is 0 Å². The Morgan fingerprint density at radius 2 is 0.773 bits per heavy atom. The van der Waals surface area contributed by atoms with Gasteiger partial charge >= 0.3 is 0 Å². The highest BCUT2D eigenvalue weighted by atomic mass is 15.2. The number of para-hydroxylation sites is 2. The molecular weight excluding hydrogens is 540 g/mol. The lowest BCUT2D eigenvalue weighted by Crippen LogP contribution is -2.03. The molecule has 5 aromatic heterocycles. The minimum Gasteiger partial charge on any atom is -0.276 e. The molecule has 4 aromatic carbocycles. The van der Waals surface area contributed by atoms with Crippen molar-refractivity contribution in [2.75, 3.05) is 0 Å². The van der Waals surface area contributed by atoms with E-state index in [-0.39, 0.29) is 0 Å². The van der Waals surface area contributed by atoms with Crippen LogP contribution in [0.25, 0.3) is 78.3 Å². The van der Waals surface area contributed by atoms with Crippen molar-refractivity contribution in [3.63, 3.8) is 0 Å². The average Bonchev–Trinajstić information content (AvgIpc) is 3.60. The molecule has 0 aliphatic heterocycles. The van der Waals surface area contributed by atoms with E-state index < -0.39 is 0 Å². The monoisotopic (exact) mass is 564 g/mol. The maximum absolute atomic E-state index is 5.39. The number of nitrogens with zero attached hydrogens (tertiary/aromatic N) is 6. The van der Waals surface area contributed by atoms with Crippen molar-refractivity contribution in [1.29, 1.82) is 0 Å². The first-order valence-electron chi connectivity index (χ1n) is 14.6. The van der Waals surface area contributed by atoms with Crippen LogP contribution in [0.15, 0.2) is 146 Å². The van der Waals surface area contributed by atoms with Gasteiger partial charge in [-0.15, -0.1) is 0 Å². The quantitative estimate of drug-likeness (QED) is 0.214. The number of pyridine rings is 2. The second-order valence-corrected chi connectivity index (χ2v) is 10.8. The Balaban J connectivity index is 1.35. The van der Waals surface area contributed by atoms with Gasteiger partial charge in [0.25, 0.3) is 0 Å². The van der Waals surface area contributed by atoms with Gasteiger partial charge in [-0.25, -0.2) is 19.9 Å². The molecule has 0 fully saturated rings. The van der Waals surface area contributed by atoms with Crippen LogP contribution in [-0.4, -0.2) is 29.1 Å². The van der Waals surface area contributed by atoms with Crippen molar-refractivity contribution in [3.8, 4) is 34.2 Å². The summed E-state index contributed by atoms with van der Waals surface area (Å²) in [7, 11) is 0. The molecule has 0 aliphatic carbocycles. The maximum Gasteiger partial charge on any atom is 0.168 e. The molecule has 0 atom stereocenters. The Hall–Kier alpha value is -6.14. The van der Waals surface area contributed by atoms with E-state index in [0.717, 1.165) is 78.3 Å². The SMILES string of the molecule is c1ccc(-c2cccc(-n3c4ccccc4c4nc5c6ccccc6n(-c6cccc(-c7ccccc7)n6)c5nc43)n2)cc1. The molecule has 6 heteroatoms. The molecule has 0 N–H and O–H groups in total. The van der Waals surface area contributed by atoms with Gasteiger partial charge < -0.3 is 0 Å². The average molecular weight is 565 g/mol. The molecule has 6 nitrogen and oxygen atoms in total. The van der Waals surface area contributed by atoms with E-state index in [1.807, 2.05) is 97.1 Å². The van der Waals surface area contributed by atoms with Crippen LogP contribution in [0.2, 0.25) is 0 Å². The Morgan fingerprint density at radius 1 is 0.341 bits per heavy atom. The van der Waals surface area contributed by atoms with Gasteiger partial charge in [0.15, 0.2) is 11.3 Å². The topological polar surface area (TPSA) is 61.4 Å². The van der Waals surface area contributed by atoms with E-state index in [4.69, 9.17) is 19.9 Å². The molecule has 0 unspecified atom stereocenters. The molecule has 0 radical (unpaired) electrons. The minimum absolute atomic E-state index is 0.750. The molecule has 0 bridgehead atoms. The van der Waals surface area contributed by atoms with E-state index >= 15 is 0 Å². The maximum atomic E-state index is 5.39. The van der Waals surface area contributed by atoms with Crippen molar-refractivity contribution >= 4 is 44.1 Å². The fraction of sp³-hybridized carbons (Fsp3) is 0. The normalized spacial score (nSPS) is 11.6. The summed E-state index contributed by atoms with van der Waals surface area (Å²) in [5.74, 6) is 1.58. The Bertz CT molecular complexity index is 2320. The zero-order valence-electron chi connectivity index (χ0n) is 23.5. The van der Waals surface area contributed by atoms with Gasteiger partial charge in [0.05, 0.1) is 22.4 Å². The Kier molecular flexibility index (Phi) is 5.40. The molecule has 5 heterocycles. The summed E-state index contributed by atoms with van der Waals surface area (Å²) in [6.07, 6.45) is 0. The summed E-state index contributed by atoms with van der Waals surface area (Å²) in [6.45, 7) is 0. The molecule has 44 heavy (non-hydrogen) atoms. The molecule has 0 spiro atoms. The second kappa shape index (κ2) is 9.71. The van der Waals surface area contributed by atoms with Gasteiger partial charge in [-0.2, -0.15) is 0 Å². The van der Waals surface area contributed by atoms with E-state index in [2.05, 4.69) is 57.7 Å². The van der Waals surface area contributed by atoms with Crippen LogP contribution in [0.1, 0.15) is 0 Å². The second-order valence-electron chi connectivity index (χ2n) is 10.8. The molecule has 0 saturated heterocycles. The van der Waals surface area contributed by atoms with Crippen molar-refractivity contribution in [2.24, 2.45) is 0 Å². The molecular formula is C38H24N6. The third kappa shape index (κ3) is 3.75. The summed E-state index contributed by atoms with van der Waals surface area (Å²) >= 11 is 0. The van der Waals surface area contributed by atoms with Crippen LogP contribution in [0.5, 0.6) is 0 Å². The van der Waals surface area contributed by atoms with Gasteiger partial charge in [0.1, 0.15) is 22.7 Å². The third-order valence-electron chi connectivity index (χ3n) is 8.15. The zero-order valence-corrected chi connectivity index (χ0v) is 23.5. The molecule has 9 rings (SSSR count). The van der Waals surface area contributed by atoms with Crippen LogP contribution >= 0.6 is 0 Å². The van der Waals surface area contributed by atoms with Crippen molar-refractivity contribution in [3.05, 3.63) is 146 Å². The fourth-order valence-electron chi connectivity index (χ4n) is 6.16. The summed E-state index contributed by atoms with van der Waals surface area (Å²) in [5.41, 5.74) is 9.13. The summed E-state index contributed by atoms with van der Waals surface area (Å²) in [6, 6.07) is 49.4. The highest BCUT2D eigenvalue weighted by molar-refractivity contribution is 6.12. The highest BCUT2D eigenvalue weighted by Crippen LogP contribution is 2.35. The number of aromatic nitrogens is 6. The molecule has 0 saturated carbocycles. The first-order chi connectivity index (χ1) is 21.8. The predicted octanol–water partition coefficient (Wildman–Crippen LogP) is 8.79. The smallest absolute Gasteiger partial charge is 0.168 e. The first kappa shape index (κ1) is 24.5. The van der Waals surface area contributed by atoms with E-state index in [0.29, 0.717) is 0 Å². The number of benzene rings is 4. The number of rotatable bonds is 4. The number of hydrogen-bond donors (Lipinski definition) is 0.